The van der Waals surface area contributed by atoms with Crippen molar-refractivity contribution in [1.82, 2.24) is 4.90 Å². The lowest BCUT2D eigenvalue weighted by atomic mass is 10.1. The number of rotatable bonds is 3. The molecule has 2 aromatic rings. The molecule has 1 N–H and O–H groups in total. The summed E-state index contributed by atoms with van der Waals surface area (Å²) in [6.07, 6.45) is 2.14. The summed E-state index contributed by atoms with van der Waals surface area (Å²) in [5.41, 5.74) is 4.29. The van der Waals surface area contributed by atoms with Crippen LogP contribution in [0.1, 0.15) is 44.7 Å². The molecule has 0 radical (unpaired) electrons. The Morgan fingerprint density at radius 1 is 0.875 bits per heavy atom. The highest BCUT2D eigenvalue weighted by molar-refractivity contribution is 6.05. The van der Waals surface area contributed by atoms with E-state index >= 15 is 0 Å². The average molecular weight is 322 g/mol. The normalized spacial score (nSPS) is 13.8. The first-order valence-electron chi connectivity index (χ1n) is 8.32. The number of carbonyl (C=O) groups excluding carboxylic acids is 2. The van der Waals surface area contributed by atoms with E-state index in [1.165, 1.54) is 5.56 Å². The van der Waals surface area contributed by atoms with E-state index in [9.17, 15) is 9.59 Å². The van der Waals surface area contributed by atoms with Crippen LogP contribution in [0.2, 0.25) is 0 Å². The van der Waals surface area contributed by atoms with Crippen LogP contribution in [-0.2, 0) is 0 Å². The summed E-state index contributed by atoms with van der Waals surface area (Å²) in [5, 5.41) is 2.90. The molecule has 0 aromatic heterocycles. The molecule has 1 aliphatic heterocycles. The van der Waals surface area contributed by atoms with Crippen molar-refractivity contribution >= 4 is 17.5 Å². The Bertz CT molecular complexity index is 760. The van der Waals surface area contributed by atoms with Crippen molar-refractivity contribution in [3.05, 3.63) is 64.7 Å². The van der Waals surface area contributed by atoms with Gasteiger partial charge in [0, 0.05) is 29.9 Å². The summed E-state index contributed by atoms with van der Waals surface area (Å²) in [6, 6.07) is 12.7. The van der Waals surface area contributed by atoms with Crippen molar-refractivity contribution in [2.75, 3.05) is 18.4 Å². The van der Waals surface area contributed by atoms with Crippen molar-refractivity contribution in [3.8, 4) is 0 Å². The van der Waals surface area contributed by atoms with Crippen molar-refractivity contribution in [2.45, 2.75) is 26.7 Å². The fourth-order valence-electron chi connectivity index (χ4n) is 2.89. The topological polar surface area (TPSA) is 49.4 Å². The van der Waals surface area contributed by atoms with E-state index < -0.39 is 0 Å². The fraction of sp³-hybridized carbons (Fsp3) is 0.300. The molecule has 2 amide bonds. The minimum atomic E-state index is -0.168. The van der Waals surface area contributed by atoms with Gasteiger partial charge in [0.2, 0.25) is 0 Å². The first kappa shape index (κ1) is 16.2. The minimum Gasteiger partial charge on any atom is -0.339 e. The molecular formula is C20H22N2O2. The predicted molar refractivity (Wildman–Crippen MR) is 95.4 cm³/mol. The Morgan fingerprint density at radius 2 is 1.50 bits per heavy atom. The van der Waals surface area contributed by atoms with Crippen LogP contribution in [0.4, 0.5) is 5.69 Å². The van der Waals surface area contributed by atoms with Crippen LogP contribution in [0.5, 0.6) is 0 Å². The van der Waals surface area contributed by atoms with E-state index in [1.54, 1.807) is 24.3 Å². The number of nitrogens with one attached hydrogen (secondary N) is 1. The van der Waals surface area contributed by atoms with E-state index in [2.05, 4.69) is 5.32 Å². The number of carbonyl (C=O) groups is 2. The smallest absolute Gasteiger partial charge is 0.255 e. The van der Waals surface area contributed by atoms with E-state index in [-0.39, 0.29) is 11.8 Å². The summed E-state index contributed by atoms with van der Waals surface area (Å²) in [5.74, 6) is -0.118. The van der Waals surface area contributed by atoms with Crippen LogP contribution in [-0.4, -0.2) is 29.8 Å². The van der Waals surface area contributed by atoms with Crippen LogP contribution < -0.4 is 5.32 Å². The van der Waals surface area contributed by atoms with Crippen molar-refractivity contribution in [2.24, 2.45) is 0 Å². The Balaban J connectivity index is 1.69. The minimum absolute atomic E-state index is 0.0496. The molecule has 1 saturated heterocycles. The quantitative estimate of drug-likeness (QED) is 0.934. The second kappa shape index (κ2) is 6.87. The van der Waals surface area contributed by atoms with Gasteiger partial charge in [0.1, 0.15) is 0 Å². The molecule has 3 rings (SSSR count). The largest absolute Gasteiger partial charge is 0.339 e. The van der Waals surface area contributed by atoms with Gasteiger partial charge in [-0.05, 0) is 74.2 Å². The first-order valence-corrected chi connectivity index (χ1v) is 8.32. The molecule has 1 fully saturated rings. The van der Waals surface area contributed by atoms with E-state index in [4.69, 9.17) is 0 Å². The standard InChI is InChI=1S/C20H22N2O2/c1-14-5-10-18(13-15(14)2)21-19(23)16-6-8-17(9-7-16)20(24)22-11-3-4-12-22/h5-10,13H,3-4,11-12H2,1-2H3,(H,21,23). The van der Waals surface area contributed by atoms with Gasteiger partial charge in [-0.2, -0.15) is 0 Å². The van der Waals surface area contributed by atoms with Gasteiger partial charge in [-0.15, -0.1) is 0 Å². The maximum atomic E-state index is 12.3. The number of likely N-dealkylation sites (tertiary alicyclic amines) is 1. The molecule has 4 nitrogen and oxygen atoms in total. The zero-order chi connectivity index (χ0) is 17.1. The number of nitrogens with zero attached hydrogens (tertiary/aromatic N) is 1. The predicted octanol–water partition coefficient (Wildman–Crippen LogP) is 3.79. The van der Waals surface area contributed by atoms with E-state index in [1.807, 2.05) is 36.9 Å². The lowest BCUT2D eigenvalue weighted by Crippen LogP contribution is -2.27. The van der Waals surface area contributed by atoms with Gasteiger partial charge < -0.3 is 10.2 Å². The molecule has 0 unspecified atom stereocenters. The Hall–Kier alpha value is -2.62. The van der Waals surface area contributed by atoms with Gasteiger partial charge in [-0.1, -0.05) is 6.07 Å². The Morgan fingerprint density at radius 3 is 2.12 bits per heavy atom. The maximum absolute atomic E-state index is 12.3. The van der Waals surface area contributed by atoms with Gasteiger partial charge in [-0.3, -0.25) is 9.59 Å². The highest BCUT2D eigenvalue weighted by Gasteiger charge is 2.19. The highest BCUT2D eigenvalue weighted by atomic mass is 16.2. The van der Waals surface area contributed by atoms with E-state index in [0.717, 1.165) is 37.2 Å². The lowest BCUT2D eigenvalue weighted by Gasteiger charge is -2.15. The van der Waals surface area contributed by atoms with Crippen molar-refractivity contribution in [3.63, 3.8) is 0 Å². The number of anilines is 1. The van der Waals surface area contributed by atoms with Crippen molar-refractivity contribution < 1.29 is 9.59 Å². The van der Waals surface area contributed by atoms with Crippen LogP contribution >= 0.6 is 0 Å². The number of amides is 2. The van der Waals surface area contributed by atoms with Crippen LogP contribution in [0, 0.1) is 13.8 Å². The number of hydrogen-bond donors (Lipinski definition) is 1. The molecule has 4 heteroatoms. The molecule has 1 heterocycles. The Labute approximate surface area is 142 Å². The summed E-state index contributed by atoms with van der Waals surface area (Å²) in [7, 11) is 0. The summed E-state index contributed by atoms with van der Waals surface area (Å²) >= 11 is 0. The molecule has 0 bridgehead atoms. The zero-order valence-corrected chi connectivity index (χ0v) is 14.1. The maximum Gasteiger partial charge on any atom is 0.255 e. The van der Waals surface area contributed by atoms with Gasteiger partial charge in [0.25, 0.3) is 11.8 Å². The van der Waals surface area contributed by atoms with Crippen LogP contribution in [0.3, 0.4) is 0 Å². The Kier molecular flexibility index (Phi) is 4.65. The molecule has 1 aliphatic rings. The highest BCUT2D eigenvalue weighted by Crippen LogP contribution is 2.17. The number of hydrogen-bond acceptors (Lipinski definition) is 2. The van der Waals surface area contributed by atoms with Gasteiger partial charge in [0.05, 0.1) is 0 Å². The molecule has 0 saturated carbocycles. The van der Waals surface area contributed by atoms with E-state index in [0.29, 0.717) is 11.1 Å². The molecule has 0 spiro atoms. The zero-order valence-electron chi connectivity index (χ0n) is 14.1. The van der Waals surface area contributed by atoms with Crippen LogP contribution in [0.25, 0.3) is 0 Å². The molecule has 24 heavy (non-hydrogen) atoms. The first-order chi connectivity index (χ1) is 11.5. The SMILES string of the molecule is Cc1ccc(NC(=O)c2ccc(C(=O)N3CCCC3)cc2)cc1C. The summed E-state index contributed by atoms with van der Waals surface area (Å²) < 4.78 is 0. The number of aryl methyl sites for hydroxylation is 2. The monoisotopic (exact) mass is 322 g/mol. The molecule has 2 aromatic carbocycles. The van der Waals surface area contributed by atoms with Crippen molar-refractivity contribution in [1.29, 1.82) is 0 Å². The average Bonchev–Trinajstić information content (AvgIpc) is 3.12. The molecule has 0 atom stereocenters. The third kappa shape index (κ3) is 3.48. The summed E-state index contributed by atoms with van der Waals surface area (Å²) in [4.78, 5) is 26.5. The molecule has 0 aliphatic carbocycles. The lowest BCUT2D eigenvalue weighted by molar-refractivity contribution is 0.0792. The van der Waals surface area contributed by atoms with Gasteiger partial charge in [-0.25, -0.2) is 0 Å². The summed E-state index contributed by atoms with van der Waals surface area (Å²) in [6.45, 7) is 5.71. The second-order valence-electron chi connectivity index (χ2n) is 6.33. The third-order valence-corrected chi connectivity index (χ3v) is 4.55. The number of benzene rings is 2. The van der Waals surface area contributed by atoms with Crippen LogP contribution in [0.15, 0.2) is 42.5 Å². The second-order valence-corrected chi connectivity index (χ2v) is 6.33. The fourth-order valence-corrected chi connectivity index (χ4v) is 2.89. The van der Waals surface area contributed by atoms with Gasteiger partial charge >= 0.3 is 0 Å². The molecule has 124 valence electrons. The molecular weight excluding hydrogens is 300 g/mol. The third-order valence-electron chi connectivity index (χ3n) is 4.55. The van der Waals surface area contributed by atoms with Gasteiger partial charge in [0.15, 0.2) is 0 Å².